The van der Waals surface area contributed by atoms with Crippen molar-refractivity contribution in [2.45, 2.75) is 45.1 Å². The first-order valence-electron chi connectivity index (χ1n) is 6.53. The zero-order chi connectivity index (χ0) is 13.0. The van der Waals surface area contributed by atoms with Crippen LogP contribution in [0.3, 0.4) is 0 Å². The molecule has 0 radical (unpaired) electrons. The highest BCUT2D eigenvalue weighted by Crippen LogP contribution is 2.29. The van der Waals surface area contributed by atoms with Crippen molar-refractivity contribution in [1.82, 2.24) is 9.97 Å². The van der Waals surface area contributed by atoms with Crippen molar-refractivity contribution in [3.8, 4) is 6.01 Å². The van der Waals surface area contributed by atoms with E-state index in [1.165, 1.54) is 32.1 Å². The summed E-state index contributed by atoms with van der Waals surface area (Å²) in [5.41, 5.74) is 0. The van der Waals surface area contributed by atoms with Crippen molar-refractivity contribution < 1.29 is 4.74 Å². The Bertz CT molecular complexity index is 394. The van der Waals surface area contributed by atoms with Crippen molar-refractivity contribution in [1.29, 1.82) is 0 Å². The number of methoxy groups -OCH3 is 1. The van der Waals surface area contributed by atoms with E-state index in [2.05, 4.69) is 22.2 Å². The zero-order valence-corrected chi connectivity index (χ0v) is 11.7. The number of halogens is 1. The highest BCUT2D eigenvalue weighted by atomic mass is 35.5. The molecule has 1 N–H and O–H groups in total. The van der Waals surface area contributed by atoms with Gasteiger partial charge in [0.2, 0.25) is 0 Å². The first-order valence-corrected chi connectivity index (χ1v) is 6.91. The van der Waals surface area contributed by atoms with Gasteiger partial charge in [-0.05, 0) is 25.7 Å². The molecule has 0 spiro atoms. The number of aromatic nitrogens is 2. The molecule has 0 aliphatic heterocycles. The second-order valence-corrected chi connectivity index (χ2v) is 5.29. The Morgan fingerprint density at radius 1 is 1.39 bits per heavy atom. The topological polar surface area (TPSA) is 47.0 Å². The third-order valence-corrected chi connectivity index (χ3v) is 3.90. The lowest BCUT2D eigenvalue weighted by molar-refractivity contribution is 0.327. The van der Waals surface area contributed by atoms with Gasteiger partial charge in [0, 0.05) is 6.04 Å². The van der Waals surface area contributed by atoms with E-state index >= 15 is 0 Å². The summed E-state index contributed by atoms with van der Waals surface area (Å²) in [7, 11) is 1.55. The van der Waals surface area contributed by atoms with Crippen molar-refractivity contribution in [2.75, 3.05) is 12.4 Å². The summed E-state index contributed by atoms with van der Waals surface area (Å²) < 4.78 is 5.02. The number of nitrogens with one attached hydrogen (secondary N) is 1. The minimum atomic E-state index is 0.345. The van der Waals surface area contributed by atoms with Gasteiger partial charge < -0.3 is 10.1 Å². The van der Waals surface area contributed by atoms with Crippen LogP contribution in [0.25, 0.3) is 0 Å². The van der Waals surface area contributed by atoms with E-state index in [9.17, 15) is 0 Å². The molecule has 0 amide bonds. The van der Waals surface area contributed by atoms with Crippen LogP contribution in [0.4, 0.5) is 5.82 Å². The second-order valence-electron chi connectivity index (χ2n) is 4.88. The van der Waals surface area contributed by atoms with Crippen LogP contribution in [0.1, 0.15) is 39.0 Å². The molecule has 0 saturated heterocycles. The van der Waals surface area contributed by atoms with E-state index in [0.717, 1.165) is 0 Å². The van der Waals surface area contributed by atoms with Crippen LogP contribution in [-0.4, -0.2) is 23.1 Å². The molecule has 1 atom stereocenters. The normalized spacial score (nSPS) is 18.4. The van der Waals surface area contributed by atoms with Gasteiger partial charge in [0.15, 0.2) is 5.82 Å². The fraction of sp³-hybridized carbons (Fsp3) is 0.692. The van der Waals surface area contributed by atoms with Gasteiger partial charge in [-0.3, -0.25) is 0 Å². The SMILES string of the molecule is COc1ncc(Cl)c(NC(C)C2CCCCC2)n1. The minimum Gasteiger partial charge on any atom is -0.467 e. The molecule has 18 heavy (non-hydrogen) atoms. The van der Waals surface area contributed by atoms with Crippen molar-refractivity contribution >= 4 is 17.4 Å². The molecular formula is C13H20ClN3O. The van der Waals surface area contributed by atoms with Crippen molar-refractivity contribution in [3.05, 3.63) is 11.2 Å². The van der Waals surface area contributed by atoms with Gasteiger partial charge in [-0.1, -0.05) is 30.9 Å². The lowest BCUT2D eigenvalue weighted by Crippen LogP contribution is -2.28. The third kappa shape index (κ3) is 3.25. The Hall–Kier alpha value is -1.03. The summed E-state index contributed by atoms with van der Waals surface area (Å²) >= 11 is 6.09. The smallest absolute Gasteiger partial charge is 0.318 e. The Morgan fingerprint density at radius 2 is 2.11 bits per heavy atom. The third-order valence-electron chi connectivity index (χ3n) is 3.63. The van der Waals surface area contributed by atoms with Crippen LogP contribution >= 0.6 is 11.6 Å². The predicted octanol–water partition coefficient (Wildman–Crippen LogP) is 3.52. The molecule has 1 fully saturated rings. The summed E-state index contributed by atoms with van der Waals surface area (Å²) in [6.07, 6.45) is 8.17. The molecule has 0 bridgehead atoms. The summed E-state index contributed by atoms with van der Waals surface area (Å²) in [5, 5.41) is 3.93. The molecule has 4 nitrogen and oxygen atoms in total. The van der Waals surface area contributed by atoms with E-state index in [0.29, 0.717) is 28.8 Å². The minimum absolute atomic E-state index is 0.345. The van der Waals surface area contributed by atoms with Gasteiger partial charge in [0.1, 0.15) is 5.02 Å². The van der Waals surface area contributed by atoms with Crippen LogP contribution in [0, 0.1) is 5.92 Å². The average molecular weight is 270 g/mol. The summed E-state index contributed by atoms with van der Waals surface area (Å²) in [4.78, 5) is 8.22. The monoisotopic (exact) mass is 269 g/mol. The molecule has 1 aliphatic rings. The molecule has 0 aromatic carbocycles. The molecule has 1 aliphatic carbocycles. The Balaban J connectivity index is 2.03. The number of rotatable bonds is 4. The molecule has 5 heteroatoms. The molecule has 1 aromatic heterocycles. The Morgan fingerprint density at radius 3 is 2.78 bits per heavy atom. The van der Waals surface area contributed by atoms with Gasteiger partial charge in [-0.25, -0.2) is 4.98 Å². The molecule has 100 valence electrons. The van der Waals surface area contributed by atoms with Crippen molar-refractivity contribution in [2.24, 2.45) is 5.92 Å². The second kappa shape index (κ2) is 6.23. The van der Waals surface area contributed by atoms with E-state index in [1.54, 1.807) is 13.3 Å². The van der Waals surface area contributed by atoms with E-state index in [1.807, 2.05) is 0 Å². The van der Waals surface area contributed by atoms with Crippen LogP contribution < -0.4 is 10.1 Å². The number of anilines is 1. The van der Waals surface area contributed by atoms with Gasteiger partial charge in [-0.15, -0.1) is 0 Å². The van der Waals surface area contributed by atoms with Gasteiger partial charge in [0.25, 0.3) is 0 Å². The molecule has 1 unspecified atom stereocenters. The van der Waals surface area contributed by atoms with Gasteiger partial charge in [-0.2, -0.15) is 4.98 Å². The molecule has 1 saturated carbocycles. The molecule has 1 heterocycles. The first-order chi connectivity index (χ1) is 8.70. The molecule has 2 rings (SSSR count). The average Bonchev–Trinajstić information content (AvgIpc) is 2.42. The predicted molar refractivity (Wildman–Crippen MR) is 73.3 cm³/mol. The van der Waals surface area contributed by atoms with E-state index in [-0.39, 0.29) is 0 Å². The van der Waals surface area contributed by atoms with Gasteiger partial charge >= 0.3 is 6.01 Å². The fourth-order valence-corrected chi connectivity index (χ4v) is 2.66. The van der Waals surface area contributed by atoms with Crippen LogP contribution in [0.2, 0.25) is 5.02 Å². The van der Waals surface area contributed by atoms with Crippen LogP contribution in [0.15, 0.2) is 6.20 Å². The number of ether oxygens (including phenoxy) is 1. The Labute approximate surface area is 113 Å². The molecular weight excluding hydrogens is 250 g/mol. The van der Waals surface area contributed by atoms with Crippen molar-refractivity contribution in [3.63, 3.8) is 0 Å². The van der Waals surface area contributed by atoms with E-state index < -0.39 is 0 Å². The zero-order valence-electron chi connectivity index (χ0n) is 10.9. The van der Waals surface area contributed by atoms with Crippen LogP contribution in [0.5, 0.6) is 6.01 Å². The molecule has 1 aromatic rings. The maximum absolute atomic E-state index is 6.09. The van der Waals surface area contributed by atoms with E-state index in [4.69, 9.17) is 16.3 Å². The fourth-order valence-electron chi connectivity index (χ4n) is 2.52. The van der Waals surface area contributed by atoms with Gasteiger partial charge in [0.05, 0.1) is 13.3 Å². The Kier molecular flexibility index (Phi) is 4.64. The number of nitrogens with zero attached hydrogens (tertiary/aromatic N) is 2. The number of hydrogen-bond acceptors (Lipinski definition) is 4. The standard InChI is InChI=1S/C13H20ClN3O/c1-9(10-6-4-3-5-7-10)16-12-11(14)8-15-13(17-12)18-2/h8-10H,3-7H2,1-2H3,(H,15,16,17). The number of hydrogen-bond donors (Lipinski definition) is 1. The summed E-state index contributed by atoms with van der Waals surface area (Å²) in [6, 6.07) is 0.722. The highest BCUT2D eigenvalue weighted by Gasteiger charge is 2.21. The lowest BCUT2D eigenvalue weighted by Gasteiger charge is -2.28. The summed E-state index contributed by atoms with van der Waals surface area (Å²) in [6.45, 7) is 2.20. The highest BCUT2D eigenvalue weighted by molar-refractivity contribution is 6.32. The lowest BCUT2D eigenvalue weighted by atomic mass is 9.84. The first kappa shape index (κ1) is 13.4. The van der Waals surface area contributed by atoms with Crippen LogP contribution in [-0.2, 0) is 0 Å². The summed E-state index contributed by atoms with van der Waals surface area (Å²) in [5.74, 6) is 1.37. The maximum Gasteiger partial charge on any atom is 0.318 e. The quantitative estimate of drug-likeness (QED) is 0.909. The maximum atomic E-state index is 6.09. The largest absolute Gasteiger partial charge is 0.467 e.